The van der Waals surface area contributed by atoms with Crippen molar-refractivity contribution in [3.63, 3.8) is 0 Å². The van der Waals surface area contributed by atoms with E-state index in [9.17, 15) is 4.79 Å². The van der Waals surface area contributed by atoms with Gasteiger partial charge in [-0.05, 0) is 80.6 Å². The predicted molar refractivity (Wildman–Crippen MR) is 108 cm³/mol. The number of amides is 1. The van der Waals surface area contributed by atoms with Crippen LogP contribution >= 0.6 is 0 Å². The van der Waals surface area contributed by atoms with Crippen LogP contribution in [0.4, 0.5) is 17.1 Å². The number of piperidine rings is 1. The molecule has 0 aliphatic carbocycles. The molecule has 0 unspecified atom stereocenters. The summed E-state index contributed by atoms with van der Waals surface area (Å²) >= 11 is 0. The molecule has 4 heteroatoms. The fraction of sp³-hybridized carbons (Fsp3) is 0.409. The molecule has 2 aromatic carbocycles. The minimum absolute atomic E-state index is 0.0521. The van der Waals surface area contributed by atoms with Gasteiger partial charge in [0.2, 0.25) is 0 Å². The molecular weight excluding hydrogens is 322 g/mol. The fourth-order valence-electron chi connectivity index (χ4n) is 3.91. The molecule has 1 N–H and O–H groups in total. The fourth-order valence-corrected chi connectivity index (χ4v) is 3.91. The van der Waals surface area contributed by atoms with Crippen molar-refractivity contribution in [3.05, 3.63) is 54.1 Å². The maximum Gasteiger partial charge on any atom is 0.255 e. The van der Waals surface area contributed by atoms with Crippen molar-refractivity contribution in [2.24, 2.45) is 0 Å². The Morgan fingerprint density at radius 2 is 1.12 bits per heavy atom. The van der Waals surface area contributed by atoms with Gasteiger partial charge >= 0.3 is 0 Å². The van der Waals surface area contributed by atoms with Crippen molar-refractivity contribution in [1.29, 1.82) is 0 Å². The van der Waals surface area contributed by atoms with E-state index in [1.807, 2.05) is 24.3 Å². The van der Waals surface area contributed by atoms with Crippen LogP contribution in [-0.2, 0) is 0 Å². The minimum Gasteiger partial charge on any atom is -0.372 e. The molecule has 1 amide bonds. The maximum absolute atomic E-state index is 12.5. The third-order valence-corrected chi connectivity index (χ3v) is 5.45. The molecule has 136 valence electrons. The molecule has 2 aliphatic rings. The van der Waals surface area contributed by atoms with Crippen molar-refractivity contribution in [1.82, 2.24) is 0 Å². The number of nitrogens with zero attached hydrogens (tertiary/aromatic N) is 2. The Bertz CT molecular complexity index is 727. The molecular formula is C22H27N3O. The highest BCUT2D eigenvalue weighted by Crippen LogP contribution is 2.23. The summed E-state index contributed by atoms with van der Waals surface area (Å²) in [4.78, 5) is 17.3. The van der Waals surface area contributed by atoms with Gasteiger partial charge in [0.05, 0.1) is 0 Å². The number of benzene rings is 2. The smallest absolute Gasteiger partial charge is 0.255 e. The zero-order chi connectivity index (χ0) is 17.8. The van der Waals surface area contributed by atoms with Gasteiger partial charge in [-0.3, -0.25) is 4.79 Å². The highest BCUT2D eigenvalue weighted by atomic mass is 16.1. The number of carbonyl (C=O) groups is 1. The van der Waals surface area contributed by atoms with Crippen molar-refractivity contribution in [2.45, 2.75) is 32.1 Å². The van der Waals surface area contributed by atoms with Gasteiger partial charge in [0.25, 0.3) is 5.91 Å². The summed E-state index contributed by atoms with van der Waals surface area (Å²) in [5, 5.41) is 3.01. The highest BCUT2D eigenvalue weighted by Gasteiger charge is 2.14. The quantitative estimate of drug-likeness (QED) is 0.881. The molecule has 0 radical (unpaired) electrons. The molecule has 2 fully saturated rings. The average molecular weight is 349 g/mol. The zero-order valence-electron chi connectivity index (χ0n) is 15.3. The molecule has 2 aliphatic heterocycles. The van der Waals surface area contributed by atoms with E-state index in [2.05, 4.69) is 39.4 Å². The van der Waals surface area contributed by atoms with Gasteiger partial charge in [0.15, 0.2) is 0 Å². The summed E-state index contributed by atoms with van der Waals surface area (Å²) in [6.07, 6.45) is 6.39. The molecule has 2 heterocycles. The molecule has 0 bridgehead atoms. The van der Waals surface area contributed by atoms with Gasteiger partial charge in [-0.2, -0.15) is 0 Å². The average Bonchev–Trinajstić information content (AvgIpc) is 3.24. The lowest BCUT2D eigenvalue weighted by molar-refractivity contribution is 0.102. The molecule has 2 aromatic rings. The van der Waals surface area contributed by atoms with Crippen LogP contribution in [0.25, 0.3) is 0 Å². The van der Waals surface area contributed by atoms with E-state index in [1.165, 1.54) is 43.5 Å². The number of rotatable bonds is 4. The Morgan fingerprint density at radius 3 is 1.65 bits per heavy atom. The molecule has 2 saturated heterocycles. The van der Waals surface area contributed by atoms with Crippen LogP contribution in [0.3, 0.4) is 0 Å². The summed E-state index contributed by atoms with van der Waals surface area (Å²) in [5.41, 5.74) is 4.01. The van der Waals surface area contributed by atoms with Gasteiger partial charge in [0, 0.05) is 48.8 Å². The Balaban J connectivity index is 1.37. The van der Waals surface area contributed by atoms with E-state index in [-0.39, 0.29) is 5.91 Å². The molecule has 0 spiro atoms. The van der Waals surface area contributed by atoms with Crippen LogP contribution < -0.4 is 15.1 Å². The van der Waals surface area contributed by atoms with Crippen LogP contribution in [0.15, 0.2) is 48.5 Å². The van der Waals surface area contributed by atoms with Crippen LogP contribution in [0, 0.1) is 0 Å². The van der Waals surface area contributed by atoms with Crippen molar-refractivity contribution < 1.29 is 4.79 Å². The first kappa shape index (κ1) is 17.0. The summed E-state index contributed by atoms with van der Waals surface area (Å²) in [7, 11) is 0. The number of anilines is 3. The predicted octanol–water partition coefficient (Wildman–Crippen LogP) is 4.53. The van der Waals surface area contributed by atoms with E-state index >= 15 is 0 Å². The second-order valence-corrected chi connectivity index (χ2v) is 7.29. The summed E-state index contributed by atoms with van der Waals surface area (Å²) in [6.45, 7) is 4.51. The second-order valence-electron chi connectivity index (χ2n) is 7.29. The Kier molecular flexibility index (Phi) is 5.09. The first-order valence-corrected chi connectivity index (χ1v) is 9.81. The number of hydrogen-bond donors (Lipinski definition) is 1. The molecule has 4 rings (SSSR count). The van der Waals surface area contributed by atoms with Crippen LogP contribution in [0.1, 0.15) is 42.5 Å². The van der Waals surface area contributed by atoms with Gasteiger partial charge in [-0.25, -0.2) is 0 Å². The van der Waals surface area contributed by atoms with Crippen LogP contribution in [0.5, 0.6) is 0 Å². The topological polar surface area (TPSA) is 35.6 Å². The molecule has 26 heavy (non-hydrogen) atoms. The second kappa shape index (κ2) is 7.81. The Hall–Kier alpha value is -2.49. The monoisotopic (exact) mass is 349 g/mol. The van der Waals surface area contributed by atoms with E-state index in [4.69, 9.17) is 0 Å². The standard InChI is InChI=1S/C22H27N3O/c26-22(18-6-10-20(11-7-18)25-16-4-5-17-25)23-19-8-12-21(13-9-19)24-14-2-1-3-15-24/h6-13H,1-5,14-17H2,(H,23,26). The number of carbonyl (C=O) groups excluding carboxylic acids is 1. The Labute approximate surface area is 155 Å². The van der Waals surface area contributed by atoms with Gasteiger partial charge in [-0.15, -0.1) is 0 Å². The molecule has 0 saturated carbocycles. The van der Waals surface area contributed by atoms with Gasteiger partial charge in [0.1, 0.15) is 0 Å². The zero-order valence-corrected chi connectivity index (χ0v) is 15.3. The van der Waals surface area contributed by atoms with Crippen molar-refractivity contribution in [2.75, 3.05) is 41.3 Å². The van der Waals surface area contributed by atoms with E-state index < -0.39 is 0 Å². The first-order valence-electron chi connectivity index (χ1n) is 9.81. The summed E-state index contributed by atoms with van der Waals surface area (Å²) in [6, 6.07) is 16.2. The van der Waals surface area contributed by atoms with E-state index in [0.29, 0.717) is 5.56 Å². The number of hydrogen-bond acceptors (Lipinski definition) is 3. The first-order chi connectivity index (χ1) is 12.8. The minimum atomic E-state index is -0.0521. The third kappa shape index (κ3) is 3.85. The van der Waals surface area contributed by atoms with Crippen LogP contribution in [-0.4, -0.2) is 32.1 Å². The third-order valence-electron chi connectivity index (χ3n) is 5.45. The van der Waals surface area contributed by atoms with Crippen molar-refractivity contribution in [3.8, 4) is 0 Å². The van der Waals surface area contributed by atoms with Crippen molar-refractivity contribution >= 4 is 23.0 Å². The maximum atomic E-state index is 12.5. The molecule has 0 atom stereocenters. The van der Waals surface area contributed by atoms with Gasteiger partial charge in [-0.1, -0.05) is 0 Å². The lowest BCUT2D eigenvalue weighted by Gasteiger charge is -2.28. The summed E-state index contributed by atoms with van der Waals surface area (Å²) in [5.74, 6) is -0.0521. The van der Waals surface area contributed by atoms with E-state index in [1.54, 1.807) is 0 Å². The highest BCUT2D eigenvalue weighted by molar-refractivity contribution is 6.04. The summed E-state index contributed by atoms with van der Waals surface area (Å²) < 4.78 is 0. The van der Waals surface area contributed by atoms with Crippen LogP contribution in [0.2, 0.25) is 0 Å². The van der Waals surface area contributed by atoms with E-state index in [0.717, 1.165) is 31.9 Å². The number of nitrogens with one attached hydrogen (secondary N) is 1. The Morgan fingerprint density at radius 1 is 0.654 bits per heavy atom. The molecule has 0 aromatic heterocycles. The normalized spacial score (nSPS) is 17.4. The largest absolute Gasteiger partial charge is 0.372 e. The molecule has 4 nitrogen and oxygen atoms in total. The SMILES string of the molecule is O=C(Nc1ccc(N2CCCCC2)cc1)c1ccc(N2CCCC2)cc1. The lowest BCUT2D eigenvalue weighted by atomic mass is 10.1. The lowest BCUT2D eigenvalue weighted by Crippen LogP contribution is -2.29. The van der Waals surface area contributed by atoms with Gasteiger partial charge < -0.3 is 15.1 Å².